The number of hydrogen-bond donors (Lipinski definition) is 2. The minimum absolute atomic E-state index is 0. The van der Waals surface area contributed by atoms with Crippen LogP contribution in [0, 0.1) is 5.41 Å². The highest BCUT2D eigenvalue weighted by Crippen LogP contribution is 2.47. The minimum atomic E-state index is 0. The van der Waals surface area contributed by atoms with Crippen LogP contribution in [-0.2, 0) is 4.79 Å². The van der Waals surface area contributed by atoms with Crippen molar-refractivity contribution in [1.82, 2.24) is 15.5 Å². The van der Waals surface area contributed by atoms with Gasteiger partial charge in [0.15, 0.2) is 5.96 Å². The molecule has 0 bridgehead atoms. The third kappa shape index (κ3) is 4.23. The summed E-state index contributed by atoms with van der Waals surface area (Å²) in [6.45, 7) is 5.38. The zero-order valence-corrected chi connectivity index (χ0v) is 15.2. The number of nitrogens with zero attached hydrogens (tertiary/aromatic N) is 2. The van der Waals surface area contributed by atoms with E-state index in [1.54, 1.807) is 0 Å². The number of aliphatic imine (C=N–C) groups is 1. The molecule has 2 N–H and O–H groups in total. The number of guanidine groups is 1. The van der Waals surface area contributed by atoms with Gasteiger partial charge in [-0.15, -0.1) is 24.0 Å². The zero-order chi connectivity index (χ0) is 14.0. The number of halogens is 1. The summed E-state index contributed by atoms with van der Waals surface area (Å²) in [5, 5.41) is 6.32. The van der Waals surface area contributed by atoms with E-state index in [9.17, 15) is 4.79 Å². The van der Waals surface area contributed by atoms with Crippen LogP contribution in [0.15, 0.2) is 4.99 Å². The van der Waals surface area contributed by atoms with Crippen LogP contribution in [0.2, 0.25) is 0 Å². The monoisotopic (exact) mass is 406 g/mol. The molecule has 3 fully saturated rings. The van der Waals surface area contributed by atoms with Gasteiger partial charge in [-0.3, -0.25) is 4.79 Å². The maximum absolute atomic E-state index is 11.7. The number of amides is 1. The third-order valence-corrected chi connectivity index (χ3v) is 4.80. The summed E-state index contributed by atoms with van der Waals surface area (Å²) in [4.78, 5) is 18.6. The van der Waals surface area contributed by atoms with Crippen molar-refractivity contribution in [3.63, 3.8) is 0 Å². The molecule has 3 aliphatic rings. The average Bonchev–Trinajstić information content (AvgIpc) is 3.07. The second kappa shape index (κ2) is 7.15. The van der Waals surface area contributed by atoms with E-state index in [0.717, 1.165) is 38.4 Å². The lowest BCUT2D eigenvalue weighted by Gasteiger charge is -2.38. The van der Waals surface area contributed by atoms with Gasteiger partial charge in [0.25, 0.3) is 0 Å². The molecule has 0 aromatic rings. The first-order chi connectivity index (χ1) is 9.71. The molecule has 3 rings (SSSR count). The van der Waals surface area contributed by atoms with Gasteiger partial charge in [0, 0.05) is 25.7 Å². The minimum Gasteiger partial charge on any atom is -0.357 e. The van der Waals surface area contributed by atoms with Crippen molar-refractivity contribution < 1.29 is 4.79 Å². The molecule has 1 saturated heterocycles. The predicted octanol–water partition coefficient (Wildman–Crippen LogP) is 1.72. The van der Waals surface area contributed by atoms with Crippen molar-refractivity contribution in [2.75, 3.05) is 26.2 Å². The Bertz CT molecular complexity index is 404. The van der Waals surface area contributed by atoms with Crippen LogP contribution in [0.3, 0.4) is 0 Å². The summed E-state index contributed by atoms with van der Waals surface area (Å²) in [6, 6.07) is 0.422. The van der Waals surface area contributed by atoms with Gasteiger partial charge in [-0.2, -0.15) is 0 Å². The lowest BCUT2D eigenvalue weighted by Crippen LogP contribution is -2.43. The Morgan fingerprint density at radius 1 is 1.33 bits per heavy atom. The number of carbonyl (C=O) groups excluding carboxylic acids is 1. The van der Waals surface area contributed by atoms with E-state index in [1.165, 1.54) is 25.7 Å². The Balaban J connectivity index is 0.00000161. The molecule has 0 radical (unpaired) electrons. The topological polar surface area (TPSA) is 56.7 Å². The van der Waals surface area contributed by atoms with Gasteiger partial charge in [-0.25, -0.2) is 4.99 Å². The fraction of sp³-hybridized carbons (Fsp3) is 0.867. The molecule has 120 valence electrons. The van der Waals surface area contributed by atoms with Crippen molar-refractivity contribution in [1.29, 1.82) is 0 Å². The van der Waals surface area contributed by atoms with Crippen LogP contribution in [0.5, 0.6) is 0 Å². The smallest absolute Gasteiger partial charge is 0.242 e. The molecule has 2 aliphatic carbocycles. The largest absolute Gasteiger partial charge is 0.357 e. The van der Waals surface area contributed by atoms with Gasteiger partial charge in [0.05, 0.1) is 0 Å². The van der Waals surface area contributed by atoms with Crippen LogP contribution in [0.25, 0.3) is 0 Å². The van der Waals surface area contributed by atoms with E-state index in [0.29, 0.717) is 11.5 Å². The van der Waals surface area contributed by atoms with Crippen LogP contribution in [0.1, 0.15) is 45.4 Å². The molecule has 1 aliphatic heterocycles. The fourth-order valence-electron chi connectivity index (χ4n) is 3.27. The molecule has 2 saturated carbocycles. The standard InChI is InChI=1S/C15H26N4O.HI/c1-2-16-14(17-10-13(20)18-12-4-5-12)19-9-8-15(11-19)6-3-7-15;/h12H,2-11H2,1H3,(H,16,17)(H,18,20);1H. The van der Waals surface area contributed by atoms with E-state index in [1.807, 2.05) is 0 Å². The SMILES string of the molecule is CCNC(=NCC(=O)NC1CC1)N1CCC2(CCC2)C1.I. The fourth-order valence-corrected chi connectivity index (χ4v) is 3.27. The maximum Gasteiger partial charge on any atom is 0.242 e. The van der Waals surface area contributed by atoms with Gasteiger partial charge in [0.2, 0.25) is 5.91 Å². The molecule has 0 atom stereocenters. The number of carbonyl (C=O) groups is 1. The normalized spacial score (nSPS) is 23.5. The highest BCUT2D eigenvalue weighted by molar-refractivity contribution is 14.0. The Labute approximate surface area is 144 Å². The van der Waals surface area contributed by atoms with E-state index < -0.39 is 0 Å². The van der Waals surface area contributed by atoms with Crippen LogP contribution in [0.4, 0.5) is 0 Å². The molecular weight excluding hydrogens is 379 g/mol. The Hall–Kier alpha value is -0.530. The molecule has 21 heavy (non-hydrogen) atoms. The van der Waals surface area contributed by atoms with Crippen molar-refractivity contribution in [2.24, 2.45) is 10.4 Å². The van der Waals surface area contributed by atoms with Crippen LogP contribution >= 0.6 is 24.0 Å². The van der Waals surface area contributed by atoms with Gasteiger partial charge < -0.3 is 15.5 Å². The van der Waals surface area contributed by atoms with Gasteiger partial charge in [0.1, 0.15) is 6.54 Å². The van der Waals surface area contributed by atoms with Crippen molar-refractivity contribution in [3.8, 4) is 0 Å². The molecule has 1 spiro atoms. The molecule has 6 heteroatoms. The number of nitrogens with one attached hydrogen (secondary N) is 2. The quantitative estimate of drug-likeness (QED) is 0.425. The second-order valence-corrected chi connectivity index (χ2v) is 6.54. The molecule has 0 unspecified atom stereocenters. The molecule has 1 heterocycles. The van der Waals surface area contributed by atoms with E-state index in [4.69, 9.17) is 0 Å². The predicted molar refractivity (Wildman–Crippen MR) is 95.0 cm³/mol. The van der Waals surface area contributed by atoms with Crippen molar-refractivity contribution in [3.05, 3.63) is 0 Å². The summed E-state index contributed by atoms with van der Waals surface area (Å²) >= 11 is 0. The highest BCUT2D eigenvalue weighted by atomic mass is 127. The summed E-state index contributed by atoms with van der Waals surface area (Å²) in [5.74, 6) is 0.975. The van der Waals surface area contributed by atoms with E-state index in [2.05, 4.69) is 27.4 Å². The van der Waals surface area contributed by atoms with Crippen molar-refractivity contribution >= 4 is 35.8 Å². The molecule has 0 aromatic carbocycles. The van der Waals surface area contributed by atoms with Gasteiger partial charge in [-0.05, 0) is 44.4 Å². The summed E-state index contributed by atoms with van der Waals surface area (Å²) in [6.07, 6.45) is 7.65. The second-order valence-electron chi connectivity index (χ2n) is 6.54. The summed E-state index contributed by atoms with van der Waals surface area (Å²) < 4.78 is 0. The molecule has 1 amide bonds. The van der Waals surface area contributed by atoms with E-state index in [-0.39, 0.29) is 36.4 Å². The first-order valence-electron chi connectivity index (χ1n) is 8.03. The summed E-state index contributed by atoms with van der Waals surface area (Å²) in [7, 11) is 0. The molecule has 5 nitrogen and oxygen atoms in total. The number of likely N-dealkylation sites (tertiary alicyclic amines) is 1. The number of rotatable bonds is 4. The van der Waals surface area contributed by atoms with Crippen molar-refractivity contribution in [2.45, 2.75) is 51.5 Å². The van der Waals surface area contributed by atoms with Gasteiger partial charge in [-0.1, -0.05) is 6.42 Å². The van der Waals surface area contributed by atoms with Gasteiger partial charge >= 0.3 is 0 Å². The summed E-state index contributed by atoms with van der Waals surface area (Å²) in [5.41, 5.74) is 0.562. The molecule has 0 aromatic heterocycles. The zero-order valence-electron chi connectivity index (χ0n) is 12.9. The van der Waals surface area contributed by atoms with Crippen LogP contribution in [-0.4, -0.2) is 49.0 Å². The highest BCUT2D eigenvalue weighted by Gasteiger charge is 2.43. The Morgan fingerprint density at radius 3 is 2.62 bits per heavy atom. The van der Waals surface area contributed by atoms with Crippen LogP contribution < -0.4 is 10.6 Å². The number of hydrogen-bond acceptors (Lipinski definition) is 2. The first-order valence-corrected chi connectivity index (χ1v) is 8.03. The van der Waals surface area contributed by atoms with E-state index >= 15 is 0 Å². The lowest BCUT2D eigenvalue weighted by atomic mass is 9.68. The molecular formula is C15H27IN4O. The third-order valence-electron chi connectivity index (χ3n) is 4.80. The maximum atomic E-state index is 11.7. The Kier molecular flexibility index (Phi) is 5.73. The Morgan fingerprint density at radius 2 is 2.10 bits per heavy atom. The lowest BCUT2D eigenvalue weighted by molar-refractivity contribution is -0.119. The first kappa shape index (κ1) is 16.8. The average molecular weight is 406 g/mol.